The molecule has 152 valence electrons. The second kappa shape index (κ2) is 9.84. The van der Waals surface area contributed by atoms with Crippen LogP contribution in [0.25, 0.3) is 0 Å². The lowest BCUT2D eigenvalue weighted by atomic mass is 10.1. The van der Waals surface area contributed by atoms with Gasteiger partial charge in [0.25, 0.3) is 0 Å². The average Bonchev–Trinajstić information content (AvgIpc) is 2.69. The number of methoxy groups -OCH3 is 2. The van der Waals surface area contributed by atoms with Gasteiger partial charge in [-0.2, -0.15) is 0 Å². The van der Waals surface area contributed by atoms with Crippen LogP contribution in [0.1, 0.15) is 46.9 Å². The monoisotopic (exact) mass is 391 g/mol. The van der Waals surface area contributed by atoms with Crippen LogP contribution in [0, 0.1) is 0 Å². The van der Waals surface area contributed by atoms with E-state index in [0.29, 0.717) is 6.42 Å². The third-order valence-electron chi connectivity index (χ3n) is 4.44. The molecule has 1 unspecified atom stereocenters. The molecule has 1 fully saturated rings. The zero-order valence-electron chi connectivity index (χ0n) is 16.2. The van der Waals surface area contributed by atoms with E-state index >= 15 is 0 Å². The summed E-state index contributed by atoms with van der Waals surface area (Å²) < 4.78 is 9.37. The number of carbonyl (C=O) groups is 4. The van der Waals surface area contributed by atoms with Crippen molar-refractivity contribution in [3.8, 4) is 0 Å². The molecule has 1 saturated heterocycles. The number of hydrogen-bond donors (Lipinski definition) is 2. The van der Waals surface area contributed by atoms with Gasteiger partial charge < -0.3 is 19.7 Å². The van der Waals surface area contributed by atoms with E-state index in [0.717, 1.165) is 12.8 Å². The molecule has 0 spiro atoms. The van der Waals surface area contributed by atoms with E-state index < -0.39 is 17.8 Å². The lowest BCUT2D eigenvalue weighted by molar-refractivity contribution is -0.138. The van der Waals surface area contributed by atoms with Crippen molar-refractivity contribution in [1.82, 2.24) is 10.2 Å². The molecule has 9 heteroatoms. The van der Waals surface area contributed by atoms with Crippen molar-refractivity contribution in [2.75, 3.05) is 32.7 Å². The van der Waals surface area contributed by atoms with Gasteiger partial charge in [0.15, 0.2) is 0 Å². The molecule has 2 N–H and O–H groups in total. The van der Waals surface area contributed by atoms with Crippen LogP contribution in [0.3, 0.4) is 0 Å². The topological polar surface area (TPSA) is 114 Å². The van der Waals surface area contributed by atoms with Crippen LogP contribution in [-0.2, 0) is 19.1 Å². The van der Waals surface area contributed by atoms with Crippen LogP contribution in [-0.4, -0.2) is 62.1 Å². The molecule has 0 aliphatic carbocycles. The molecule has 9 nitrogen and oxygen atoms in total. The number of esters is 2. The summed E-state index contributed by atoms with van der Waals surface area (Å²) in [5, 5.41) is 5.81. The zero-order chi connectivity index (χ0) is 20.7. The van der Waals surface area contributed by atoms with Gasteiger partial charge >= 0.3 is 11.9 Å². The van der Waals surface area contributed by atoms with Gasteiger partial charge in [0.2, 0.25) is 11.8 Å². The summed E-state index contributed by atoms with van der Waals surface area (Å²) in [4.78, 5) is 49.8. The molecule has 2 rings (SSSR count). The van der Waals surface area contributed by atoms with E-state index in [4.69, 9.17) is 4.74 Å². The van der Waals surface area contributed by atoms with Crippen molar-refractivity contribution in [2.45, 2.75) is 32.2 Å². The van der Waals surface area contributed by atoms with E-state index in [-0.39, 0.29) is 42.0 Å². The number of benzene rings is 1. The quantitative estimate of drug-likeness (QED) is 0.670. The Morgan fingerprint density at radius 2 is 1.93 bits per heavy atom. The van der Waals surface area contributed by atoms with Gasteiger partial charge in [0.1, 0.15) is 6.54 Å². The molecule has 1 aromatic carbocycles. The Kier molecular flexibility index (Phi) is 7.51. The fourth-order valence-corrected chi connectivity index (χ4v) is 2.98. The predicted octanol–water partition coefficient (Wildman–Crippen LogP) is 1.15. The second-order valence-electron chi connectivity index (χ2n) is 6.44. The molecule has 1 heterocycles. The minimum absolute atomic E-state index is 0.0922. The van der Waals surface area contributed by atoms with E-state index in [2.05, 4.69) is 15.4 Å². The molecule has 0 saturated carbocycles. The smallest absolute Gasteiger partial charge is 0.339 e. The highest BCUT2D eigenvalue weighted by atomic mass is 16.5. The maximum atomic E-state index is 12.4. The number of nitrogens with one attached hydrogen (secondary N) is 2. The molecule has 1 atom stereocenters. The van der Waals surface area contributed by atoms with E-state index in [1.807, 2.05) is 6.92 Å². The molecule has 0 radical (unpaired) electrons. The van der Waals surface area contributed by atoms with Crippen LogP contribution < -0.4 is 10.6 Å². The summed E-state index contributed by atoms with van der Waals surface area (Å²) in [5.74, 6) is -1.87. The van der Waals surface area contributed by atoms with Crippen LogP contribution in [0.15, 0.2) is 18.2 Å². The van der Waals surface area contributed by atoms with E-state index in [1.165, 1.54) is 37.3 Å². The van der Waals surface area contributed by atoms with Crippen LogP contribution >= 0.6 is 0 Å². The Balaban J connectivity index is 2.10. The van der Waals surface area contributed by atoms with Gasteiger partial charge in [-0.1, -0.05) is 13.3 Å². The molecule has 28 heavy (non-hydrogen) atoms. The maximum Gasteiger partial charge on any atom is 0.339 e. The van der Waals surface area contributed by atoms with Crippen LogP contribution in [0.2, 0.25) is 0 Å². The lowest BCUT2D eigenvalue weighted by Crippen LogP contribution is -2.52. The number of nitrogens with zero attached hydrogens (tertiary/aromatic N) is 1. The first kappa shape index (κ1) is 21.4. The number of amides is 2. The number of hydrogen-bond acceptors (Lipinski definition) is 7. The van der Waals surface area contributed by atoms with Gasteiger partial charge in [-0.15, -0.1) is 0 Å². The standard InChI is InChI=1S/C19H25N3O6/c1-4-5-13-9-17(24)22(11-20-13)10-16(23)21-15-8-12(18(25)27-2)6-7-14(15)19(26)28-3/h6-8,13,20H,4-5,9-11H2,1-3H3,(H,21,23). The summed E-state index contributed by atoms with van der Waals surface area (Å²) in [6, 6.07) is 4.24. The zero-order valence-corrected chi connectivity index (χ0v) is 16.2. The highest BCUT2D eigenvalue weighted by Gasteiger charge is 2.26. The second-order valence-corrected chi connectivity index (χ2v) is 6.44. The summed E-state index contributed by atoms with van der Waals surface area (Å²) in [7, 11) is 2.45. The van der Waals surface area contributed by atoms with Gasteiger partial charge in [0, 0.05) is 12.5 Å². The third-order valence-corrected chi connectivity index (χ3v) is 4.44. The Hall–Kier alpha value is -2.94. The molecule has 1 aliphatic heterocycles. The SMILES string of the molecule is CCCC1CC(=O)N(CC(=O)Nc2cc(C(=O)OC)ccc2C(=O)OC)CN1. The van der Waals surface area contributed by atoms with Crippen molar-refractivity contribution >= 4 is 29.4 Å². The molecule has 2 amide bonds. The number of carbonyl (C=O) groups excluding carboxylic acids is 4. The summed E-state index contributed by atoms with van der Waals surface area (Å²) >= 11 is 0. The normalized spacial score (nSPS) is 16.5. The summed E-state index contributed by atoms with van der Waals surface area (Å²) in [6.07, 6.45) is 2.21. The Bertz CT molecular complexity index is 764. The molecule has 0 bridgehead atoms. The molecule has 1 aliphatic rings. The van der Waals surface area contributed by atoms with E-state index in [1.54, 1.807) is 0 Å². The van der Waals surface area contributed by atoms with Crippen molar-refractivity contribution in [2.24, 2.45) is 0 Å². The highest BCUT2D eigenvalue weighted by Crippen LogP contribution is 2.20. The Morgan fingerprint density at radius 3 is 2.54 bits per heavy atom. The van der Waals surface area contributed by atoms with Gasteiger partial charge in [-0.05, 0) is 24.6 Å². The first-order chi connectivity index (χ1) is 13.4. The minimum atomic E-state index is -0.662. The summed E-state index contributed by atoms with van der Waals surface area (Å²) in [5.41, 5.74) is 0.374. The first-order valence-electron chi connectivity index (χ1n) is 9.01. The van der Waals surface area contributed by atoms with Gasteiger partial charge in [-0.25, -0.2) is 9.59 Å². The minimum Gasteiger partial charge on any atom is -0.465 e. The summed E-state index contributed by atoms with van der Waals surface area (Å²) in [6.45, 7) is 2.16. The molecular weight excluding hydrogens is 366 g/mol. The largest absolute Gasteiger partial charge is 0.465 e. The fraction of sp³-hybridized carbons (Fsp3) is 0.474. The average molecular weight is 391 g/mol. The van der Waals surface area contributed by atoms with Gasteiger partial charge in [-0.3, -0.25) is 14.9 Å². The highest BCUT2D eigenvalue weighted by molar-refractivity contribution is 6.04. The Labute approximate surface area is 163 Å². The fourth-order valence-electron chi connectivity index (χ4n) is 2.98. The van der Waals surface area contributed by atoms with Crippen molar-refractivity contribution in [3.05, 3.63) is 29.3 Å². The molecule has 0 aromatic heterocycles. The van der Waals surface area contributed by atoms with E-state index in [9.17, 15) is 19.2 Å². The Morgan fingerprint density at radius 1 is 1.21 bits per heavy atom. The van der Waals surface area contributed by atoms with Crippen LogP contribution in [0.4, 0.5) is 5.69 Å². The molecular formula is C19H25N3O6. The van der Waals surface area contributed by atoms with Crippen LogP contribution in [0.5, 0.6) is 0 Å². The number of rotatable bonds is 7. The maximum absolute atomic E-state index is 12.4. The predicted molar refractivity (Wildman–Crippen MR) is 101 cm³/mol. The van der Waals surface area contributed by atoms with Crippen molar-refractivity contribution in [3.63, 3.8) is 0 Å². The van der Waals surface area contributed by atoms with Gasteiger partial charge in [0.05, 0.1) is 37.7 Å². The van der Waals surface area contributed by atoms with Crippen molar-refractivity contribution < 1.29 is 28.7 Å². The molecule has 1 aromatic rings. The third kappa shape index (κ3) is 5.29. The lowest BCUT2D eigenvalue weighted by Gasteiger charge is -2.32. The first-order valence-corrected chi connectivity index (χ1v) is 9.01. The number of ether oxygens (including phenoxy) is 2. The number of anilines is 1. The van der Waals surface area contributed by atoms with Crippen molar-refractivity contribution in [1.29, 1.82) is 0 Å².